The van der Waals surface area contributed by atoms with Crippen molar-refractivity contribution in [3.63, 3.8) is 0 Å². The highest BCUT2D eigenvalue weighted by molar-refractivity contribution is 9.10. The van der Waals surface area contributed by atoms with E-state index >= 15 is 0 Å². The number of hydrogen-bond donors (Lipinski definition) is 1. The van der Waals surface area contributed by atoms with Crippen molar-refractivity contribution in [2.75, 3.05) is 0 Å². The fraction of sp³-hybridized carbons (Fsp3) is 0.391. The Morgan fingerprint density at radius 3 is 2.65 bits per heavy atom. The van der Waals surface area contributed by atoms with Gasteiger partial charge in [0, 0.05) is 16.4 Å². The third-order valence-electron chi connectivity index (χ3n) is 5.64. The molecule has 0 radical (unpaired) electrons. The maximum absolute atomic E-state index is 6.47. The molecule has 3 heteroatoms. The summed E-state index contributed by atoms with van der Waals surface area (Å²) in [7, 11) is 0. The Morgan fingerprint density at radius 2 is 1.81 bits per heavy atom. The molecule has 2 nitrogen and oxygen atoms in total. The molecule has 2 aromatic rings. The molecule has 2 aliphatic carbocycles. The van der Waals surface area contributed by atoms with E-state index in [4.69, 9.17) is 10.5 Å². The van der Waals surface area contributed by atoms with Crippen LogP contribution < -0.4 is 10.5 Å². The van der Waals surface area contributed by atoms with E-state index in [1.54, 1.807) is 5.57 Å². The third kappa shape index (κ3) is 4.05. The third-order valence-corrected chi connectivity index (χ3v) is 6.17. The first-order valence-corrected chi connectivity index (χ1v) is 10.4. The molecule has 4 rings (SSSR count). The number of rotatable bonds is 3. The van der Waals surface area contributed by atoms with Gasteiger partial charge >= 0.3 is 0 Å². The molecule has 3 atom stereocenters. The fourth-order valence-corrected chi connectivity index (χ4v) is 4.51. The molecule has 3 unspecified atom stereocenters. The number of benzene rings is 2. The summed E-state index contributed by atoms with van der Waals surface area (Å²) in [5.41, 5.74) is 10.5. The minimum Gasteiger partial charge on any atom is -0.485 e. The van der Waals surface area contributed by atoms with Gasteiger partial charge in [0.15, 0.2) is 0 Å². The molecule has 0 spiro atoms. The summed E-state index contributed by atoms with van der Waals surface area (Å²) in [5, 5.41) is 0. The van der Waals surface area contributed by atoms with Crippen molar-refractivity contribution >= 4 is 15.9 Å². The van der Waals surface area contributed by atoms with E-state index in [9.17, 15) is 0 Å². The summed E-state index contributed by atoms with van der Waals surface area (Å²) >= 11 is 3.50. The Bertz CT molecular complexity index is 783. The number of halogens is 1. The number of fused-ring (bicyclic) bond motifs is 1. The SMILES string of the molecule is NC1CCCC(=CC2Cc3ccccc3C2Oc2ccc(Br)cc2)CC1. The molecule has 2 aliphatic rings. The monoisotopic (exact) mass is 411 g/mol. The number of ether oxygens (including phenoxy) is 1. The van der Waals surface area contributed by atoms with Gasteiger partial charge in [0.2, 0.25) is 0 Å². The molecule has 0 amide bonds. The first kappa shape index (κ1) is 17.8. The lowest BCUT2D eigenvalue weighted by Crippen LogP contribution is -2.17. The smallest absolute Gasteiger partial charge is 0.131 e. The summed E-state index contributed by atoms with van der Waals surface area (Å²) in [5.74, 6) is 1.33. The Morgan fingerprint density at radius 1 is 1.00 bits per heavy atom. The van der Waals surface area contributed by atoms with Crippen LogP contribution in [-0.2, 0) is 6.42 Å². The molecule has 0 bridgehead atoms. The lowest BCUT2D eigenvalue weighted by molar-refractivity contribution is 0.172. The second kappa shape index (κ2) is 7.98. The highest BCUT2D eigenvalue weighted by Crippen LogP contribution is 2.41. The number of nitrogens with two attached hydrogens (primary N) is 1. The number of hydrogen-bond acceptors (Lipinski definition) is 2. The largest absolute Gasteiger partial charge is 0.485 e. The Kier molecular flexibility index (Phi) is 5.46. The second-order valence-electron chi connectivity index (χ2n) is 7.58. The molecular formula is C23H26BrNO. The van der Waals surface area contributed by atoms with Gasteiger partial charge in [-0.25, -0.2) is 0 Å². The molecule has 0 aliphatic heterocycles. The summed E-state index contributed by atoms with van der Waals surface area (Å²) < 4.78 is 7.55. The van der Waals surface area contributed by atoms with Gasteiger partial charge < -0.3 is 10.5 Å². The maximum atomic E-state index is 6.47. The Hall–Kier alpha value is -1.58. The van der Waals surface area contributed by atoms with E-state index in [-0.39, 0.29) is 6.10 Å². The van der Waals surface area contributed by atoms with Gasteiger partial charge in [0.1, 0.15) is 11.9 Å². The lowest BCUT2D eigenvalue weighted by atomic mass is 9.96. The summed E-state index contributed by atoms with van der Waals surface area (Å²) in [6.45, 7) is 0. The Balaban J connectivity index is 1.59. The molecule has 1 saturated carbocycles. The van der Waals surface area contributed by atoms with Gasteiger partial charge in [-0.15, -0.1) is 0 Å². The van der Waals surface area contributed by atoms with Crippen LogP contribution in [0.5, 0.6) is 5.75 Å². The molecule has 2 N–H and O–H groups in total. The van der Waals surface area contributed by atoms with Crippen molar-refractivity contribution < 1.29 is 4.74 Å². The first-order chi connectivity index (χ1) is 12.7. The lowest BCUT2D eigenvalue weighted by Gasteiger charge is -2.21. The predicted molar refractivity (Wildman–Crippen MR) is 110 cm³/mol. The van der Waals surface area contributed by atoms with E-state index < -0.39 is 0 Å². The fourth-order valence-electron chi connectivity index (χ4n) is 4.25. The van der Waals surface area contributed by atoms with E-state index in [1.807, 2.05) is 24.3 Å². The van der Waals surface area contributed by atoms with Crippen LogP contribution >= 0.6 is 15.9 Å². The molecule has 0 heterocycles. The van der Waals surface area contributed by atoms with Crippen LogP contribution in [0.2, 0.25) is 0 Å². The van der Waals surface area contributed by atoms with E-state index in [1.165, 1.54) is 24.0 Å². The van der Waals surface area contributed by atoms with E-state index in [0.717, 1.165) is 35.9 Å². The molecule has 136 valence electrons. The standard InChI is InChI=1S/C23H26BrNO/c24-19-9-12-21(13-10-19)26-23-18(15-17-5-1-2-7-22(17)23)14-16-4-3-6-20(25)11-8-16/h1-2,5,7,9-10,12-14,18,20,23H,3-4,6,8,11,15,25H2. The van der Waals surface area contributed by atoms with Gasteiger partial charge in [-0.3, -0.25) is 0 Å². The van der Waals surface area contributed by atoms with Gasteiger partial charge in [0.05, 0.1) is 0 Å². The minimum atomic E-state index is 0.0943. The molecule has 0 saturated heterocycles. The van der Waals surface area contributed by atoms with Crippen molar-refractivity contribution in [2.24, 2.45) is 11.7 Å². The quantitative estimate of drug-likeness (QED) is 0.499. The zero-order chi connectivity index (χ0) is 17.9. The Labute approximate surface area is 164 Å². The average Bonchev–Trinajstić information content (AvgIpc) is 2.84. The van der Waals surface area contributed by atoms with Crippen LogP contribution in [0.15, 0.2) is 64.7 Å². The first-order valence-electron chi connectivity index (χ1n) is 9.64. The highest BCUT2D eigenvalue weighted by Gasteiger charge is 2.33. The molecule has 0 aromatic heterocycles. The van der Waals surface area contributed by atoms with Crippen LogP contribution in [-0.4, -0.2) is 6.04 Å². The molecule has 2 aromatic carbocycles. The molecule has 26 heavy (non-hydrogen) atoms. The highest BCUT2D eigenvalue weighted by atomic mass is 79.9. The molecular weight excluding hydrogens is 386 g/mol. The van der Waals surface area contributed by atoms with Crippen molar-refractivity contribution in [2.45, 2.75) is 50.7 Å². The average molecular weight is 412 g/mol. The van der Waals surface area contributed by atoms with Crippen molar-refractivity contribution in [1.29, 1.82) is 0 Å². The van der Waals surface area contributed by atoms with Crippen LogP contribution in [0.1, 0.15) is 49.3 Å². The van der Waals surface area contributed by atoms with Gasteiger partial charge in [0.25, 0.3) is 0 Å². The maximum Gasteiger partial charge on any atom is 0.131 e. The predicted octanol–water partition coefficient (Wildman–Crippen LogP) is 5.96. The van der Waals surface area contributed by atoms with Gasteiger partial charge in [-0.2, -0.15) is 0 Å². The topological polar surface area (TPSA) is 35.2 Å². The zero-order valence-corrected chi connectivity index (χ0v) is 16.6. The zero-order valence-electron chi connectivity index (χ0n) is 15.0. The second-order valence-corrected chi connectivity index (χ2v) is 8.49. The minimum absolute atomic E-state index is 0.0943. The van der Waals surface area contributed by atoms with Crippen LogP contribution in [0, 0.1) is 5.92 Å². The van der Waals surface area contributed by atoms with Gasteiger partial charge in [-0.05, 0) is 73.9 Å². The van der Waals surface area contributed by atoms with Crippen molar-refractivity contribution in [1.82, 2.24) is 0 Å². The van der Waals surface area contributed by atoms with Crippen molar-refractivity contribution in [3.8, 4) is 5.75 Å². The summed E-state index contributed by atoms with van der Waals surface area (Å²) in [6, 6.07) is 17.3. The summed E-state index contributed by atoms with van der Waals surface area (Å²) in [6.07, 6.45) is 9.46. The summed E-state index contributed by atoms with van der Waals surface area (Å²) in [4.78, 5) is 0. The number of allylic oxidation sites excluding steroid dienone is 1. The van der Waals surface area contributed by atoms with E-state index in [2.05, 4.69) is 46.3 Å². The van der Waals surface area contributed by atoms with Crippen molar-refractivity contribution in [3.05, 3.63) is 75.8 Å². The van der Waals surface area contributed by atoms with E-state index in [0.29, 0.717) is 12.0 Å². The van der Waals surface area contributed by atoms with Crippen LogP contribution in [0.4, 0.5) is 0 Å². The van der Waals surface area contributed by atoms with Crippen LogP contribution in [0.3, 0.4) is 0 Å². The molecule has 1 fully saturated rings. The van der Waals surface area contributed by atoms with Gasteiger partial charge in [-0.1, -0.05) is 51.8 Å². The normalized spacial score (nSPS) is 27.2. The van der Waals surface area contributed by atoms with Crippen LogP contribution in [0.25, 0.3) is 0 Å².